The molecule has 2 N–H and O–H groups in total. The Bertz CT molecular complexity index is 876. The molecular weight excluding hydrogens is 363 g/mol. The second kappa shape index (κ2) is 7.35. The summed E-state index contributed by atoms with van der Waals surface area (Å²) in [5.41, 5.74) is 0.468. The molecule has 0 spiro atoms. The highest BCUT2D eigenvalue weighted by Crippen LogP contribution is 2.35. The monoisotopic (exact) mass is 386 g/mol. The molecule has 7 nitrogen and oxygen atoms in total. The van der Waals surface area contributed by atoms with Crippen molar-refractivity contribution in [2.24, 2.45) is 5.92 Å². The van der Waals surface area contributed by atoms with E-state index in [-0.39, 0.29) is 24.2 Å². The van der Waals surface area contributed by atoms with Crippen LogP contribution in [0.15, 0.2) is 34.9 Å². The van der Waals surface area contributed by atoms with Crippen molar-refractivity contribution in [1.82, 2.24) is 20.7 Å². The van der Waals surface area contributed by atoms with Crippen molar-refractivity contribution in [1.29, 1.82) is 0 Å². The van der Waals surface area contributed by atoms with Gasteiger partial charge < -0.3 is 15.2 Å². The van der Waals surface area contributed by atoms with Gasteiger partial charge >= 0.3 is 6.03 Å². The summed E-state index contributed by atoms with van der Waals surface area (Å²) in [6.45, 7) is 3.41. The zero-order valence-corrected chi connectivity index (χ0v) is 15.7. The Morgan fingerprint density at radius 3 is 2.61 bits per heavy atom. The zero-order chi connectivity index (χ0) is 19.7. The van der Waals surface area contributed by atoms with Gasteiger partial charge in [-0.05, 0) is 56.5 Å². The number of hydrogen-bond donors (Lipinski definition) is 2. The molecule has 0 saturated carbocycles. The van der Waals surface area contributed by atoms with Crippen LogP contribution < -0.4 is 10.6 Å². The number of carbonyl (C=O) groups is 2. The first-order chi connectivity index (χ1) is 13.5. The van der Waals surface area contributed by atoms with Crippen LogP contribution in [0, 0.1) is 18.7 Å². The largest absolute Gasteiger partial charge is 0.359 e. The van der Waals surface area contributed by atoms with Crippen molar-refractivity contribution >= 4 is 11.9 Å². The van der Waals surface area contributed by atoms with Gasteiger partial charge in [0, 0.05) is 12.5 Å². The maximum atomic E-state index is 13.5. The molecule has 0 radical (unpaired) electrons. The molecule has 2 saturated heterocycles. The molecule has 1 atom stereocenters. The maximum absolute atomic E-state index is 13.5. The molecule has 2 fully saturated rings. The topological polar surface area (TPSA) is 87.5 Å². The van der Waals surface area contributed by atoms with E-state index >= 15 is 0 Å². The van der Waals surface area contributed by atoms with Crippen LogP contribution >= 0.6 is 0 Å². The van der Waals surface area contributed by atoms with E-state index in [4.69, 9.17) is 4.52 Å². The van der Waals surface area contributed by atoms with Crippen molar-refractivity contribution in [3.63, 3.8) is 0 Å². The van der Waals surface area contributed by atoms with Gasteiger partial charge in [0.1, 0.15) is 11.4 Å². The molecule has 0 bridgehead atoms. The van der Waals surface area contributed by atoms with Crippen LogP contribution in [0.5, 0.6) is 0 Å². The Morgan fingerprint density at radius 2 is 1.96 bits per heavy atom. The van der Waals surface area contributed by atoms with E-state index in [1.54, 1.807) is 25.1 Å². The number of nitrogens with one attached hydrogen (secondary N) is 2. The van der Waals surface area contributed by atoms with Crippen molar-refractivity contribution < 1.29 is 18.5 Å². The van der Waals surface area contributed by atoms with Crippen LogP contribution in [-0.4, -0.2) is 40.6 Å². The molecule has 148 valence electrons. The third-order valence-corrected chi connectivity index (χ3v) is 5.62. The number of aromatic nitrogens is 1. The number of amides is 3. The van der Waals surface area contributed by atoms with Gasteiger partial charge in [-0.25, -0.2) is 9.18 Å². The van der Waals surface area contributed by atoms with Crippen LogP contribution in [0.3, 0.4) is 0 Å². The molecule has 3 heterocycles. The second-order valence-electron chi connectivity index (χ2n) is 7.55. The lowest BCUT2D eigenvalue weighted by atomic mass is 9.74. The van der Waals surface area contributed by atoms with E-state index in [1.165, 1.54) is 17.0 Å². The van der Waals surface area contributed by atoms with Gasteiger partial charge in [-0.3, -0.25) is 9.69 Å². The number of rotatable bonds is 5. The smallest absolute Gasteiger partial charge is 0.325 e. The van der Waals surface area contributed by atoms with Gasteiger partial charge in [0.05, 0.1) is 12.2 Å². The fraction of sp³-hybridized carbons (Fsp3) is 0.450. The number of carbonyl (C=O) groups excluding carboxylic acids is 2. The van der Waals surface area contributed by atoms with Crippen molar-refractivity contribution in [2.75, 3.05) is 13.1 Å². The van der Waals surface area contributed by atoms with E-state index in [0.29, 0.717) is 17.9 Å². The first kappa shape index (κ1) is 18.6. The van der Waals surface area contributed by atoms with Gasteiger partial charge in [-0.15, -0.1) is 0 Å². The molecule has 4 rings (SSSR count). The highest BCUT2D eigenvalue weighted by molar-refractivity contribution is 6.07. The van der Waals surface area contributed by atoms with Gasteiger partial charge in [-0.2, -0.15) is 0 Å². The molecule has 0 aliphatic carbocycles. The molecule has 8 heteroatoms. The molecule has 28 heavy (non-hydrogen) atoms. The average Bonchev–Trinajstić information content (AvgIpc) is 3.21. The number of hydrogen-bond acceptors (Lipinski definition) is 5. The number of aryl methyl sites for hydroxylation is 1. The third kappa shape index (κ3) is 3.40. The lowest BCUT2D eigenvalue weighted by Gasteiger charge is -2.38. The minimum absolute atomic E-state index is 0.00304. The minimum atomic E-state index is -1.04. The average molecular weight is 386 g/mol. The molecule has 2 aliphatic heterocycles. The summed E-state index contributed by atoms with van der Waals surface area (Å²) in [7, 11) is 0. The van der Waals surface area contributed by atoms with Crippen molar-refractivity contribution in [3.05, 3.63) is 53.2 Å². The van der Waals surface area contributed by atoms with E-state index in [9.17, 15) is 14.0 Å². The van der Waals surface area contributed by atoms with E-state index in [1.807, 2.05) is 0 Å². The lowest BCUT2D eigenvalue weighted by Crippen LogP contribution is -2.57. The Hall–Kier alpha value is -2.74. The molecule has 1 aromatic heterocycles. The summed E-state index contributed by atoms with van der Waals surface area (Å²) in [6, 6.07) is 7.37. The minimum Gasteiger partial charge on any atom is -0.359 e. The summed E-state index contributed by atoms with van der Waals surface area (Å²) >= 11 is 0. The zero-order valence-electron chi connectivity index (χ0n) is 15.7. The molecule has 1 unspecified atom stereocenters. The third-order valence-electron chi connectivity index (χ3n) is 5.62. The van der Waals surface area contributed by atoms with Gasteiger partial charge in [-0.1, -0.05) is 17.3 Å². The normalized spacial score (nSPS) is 23.3. The van der Waals surface area contributed by atoms with Gasteiger partial charge in [0.2, 0.25) is 0 Å². The standard InChI is InChI=1S/C20H23FN4O3/c1-13-10-17(28-24-13)12-25-18(26)20(23-19(25)27,15-6-8-22-9-7-15)11-14-2-4-16(21)5-3-14/h2-5,10,15,22H,6-9,11-12H2,1H3,(H,23,27). The predicted molar refractivity (Wildman–Crippen MR) is 98.8 cm³/mol. The van der Waals surface area contributed by atoms with Crippen LogP contribution in [0.4, 0.5) is 9.18 Å². The van der Waals surface area contributed by atoms with E-state index in [0.717, 1.165) is 31.5 Å². The Morgan fingerprint density at radius 1 is 1.25 bits per heavy atom. The van der Waals surface area contributed by atoms with Crippen LogP contribution in [0.25, 0.3) is 0 Å². The van der Waals surface area contributed by atoms with E-state index in [2.05, 4.69) is 15.8 Å². The number of piperidine rings is 1. The SMILES string of the molecule is Cc1cc(CN2C(=O)NC(Cc3ccc(F)cc3)(C3CCNCC3)C2=O)on1. The number of imide groups is 1. The van der Waals surface area contributed by atoms with E-state index < -0.39 is 11.6 Å². The highest BCUT2D eigenvalue weighted by Gasteiger charge is 2.55. The lowest BCUT2D eigenvalue weighted by molar-refractivity contribution is -0.134. The molecule has 1 aromatic carbocycles. The number of benzene rings is 1. The summed E-state index contributed by atoms with van der Waals surface area (Å²) in [6.07, 6.45) is 1.89. The molecule has 2 aliphatic rings. The Labute approximate surface area is 162 Å². The molecule has 3 amide bonds. The molecule has 2 aromatic rings. The maximum Gasteiger partial charge on any atom is 0.325 e. The fourth-order valence-corrected chi connectivity index (χ4v) is 4.21. The molecular formula is C20H23FN4O3. The quantitative estimate of drug-likeness (QED) is 0.769. The van der Waals surface area contributed by atoms with Crippen LogP contribution in [0.2, 0.25) is 0 Å². The number of halogens is 1. The number of urea groups is 1. The van der Waals surface area contributed by atoms with Crippen LogP contribution in [0.1, 0.15) is 29.9 Å². The first-order valence-electron chi connectivity index (χ1n) is 9.49. The van der Waals surface area contributed by atoms with Gasteiger partial charge in [0.15, 0.2) is 5.76 Å². The predicted octanol–water partition coefficient (Wildman–Crippen LogP) is 2.16. The summed E-state index contributed by atoms with van der Waals surface area (Å²) in [5.74, 6) is -0.132. The van der Waals surface area contributed by atoms with Crippen LogP contribution in [-0.2, 0) is 17.8 Å². The summed E-state index contributed by atoms with van der Waals surface area (Å²) < 4.78 is 18.5. The Balaban J connectivity index is 1.65. The van der Waals surface area contributed by atoms with Crippen molar-refractivity contribution in [2.45, 2.75) is 38.3 Å². The van der Waals surface area contributed by atoms with Crippen molar-refractivity contribution in [3.8, 4) is 0 Å². The second-order valence-corrected chi connectivity index (χ2v) is 7.55. The highest BCUT2D eigenvalue weighted by atomic mass is 19.1. The Kier molecular flexibility index (Phi) is 4.89. The van der Waals surface area contributed by atoms with Gasteiger partial charge in [0.25, 0.3) is 5.91 Å². The summed E-state index contributed by atoms with van der Waals surface area (Å²) in [4.78, 5) is 27.5. The number of nitrogens with zero attached hydrogens (tertiary/aromatic N) is 2. The first-order valence-corrected chi connectivity index (χ1v) is 9.49. The summed E-state index contributed by atoms with van der Waals surface area (Å²) in [5, 5.41) is 10.1. The fourth-order valence-electron chi connectivity index (χ4n) is 4.21.